The van der Waals surface area contributed by atoms with Crippen molar-refractivity contribution in [2.75, 3.05) is 27.2 Å². The highest BCUT2D eigenvalue weighted by Gasteiger charge is 2.24. The number of aliphatic imine (C=N–C) groups is 1. The molecule has 0 N–H and O–H groups in total. The van der Waals surface area contributed by atoms with E-state index in [4.69, 9.17) is 4.74 Å². The number of methoxy groups -OCH3 is 1. The Balaban J connectivity index is 0.000000202. The van der Waals surface area contributed by atoms with Crippen LogP contribution in [0.1, 0.15) is 37.6 Å². The summed E-state index contributed by atoms with van der Waals surface area (Å²) >= 11 is 0. The zero-order chi connectivity index (χ0) is 27.9. The first-order chi connectivity index (χ1) is 18.7. The molecular formula is C30H35F2N5O2. The van der Waals surface area contributed by atoms with Gasteiger partial charge in [-0.1, -0.05) is 6.42 Å². The molecule has 1 fully saturated rings. The van der Waals surface area contributed by atoms with E-state index in [-0.39, 0.29) is 23.8 Å². The van der Waals surface area contributed by atoms with Crippen molar-refractivity contribution >= 4 is 12.1 Å². The molecule has 39 heavy (non-hydrogen) atoms. The van der Waals surface area contributed by atoms with E-state index in [1.165, 1.54) is 57.5 Å². The first kappa shape index (κ1) is 28.2. The van der Waals surface area contributed by atoms with Crippen LogP contribution < -0.4 is 0 Å². The molecular weight excluding hydrogens is 500 g/mol. The number of rotatable bonds is 6. The van der Waals surface area contributed by atoms with Gasteiger partial charge < -0.3 is 14.2 Å². The lowest BCUT2D eigenvalue weighted by Gasteiger charge is -2.38. The van der Waals surface area contributed by atoms with E-state index < -0.39 is 0 Å². The van der Waals surface area contributed by atoms with Crippen LogP contribution in [-0.4, -0.2) is 64.9 Å². The second-order valence-corrected chi connectivity index (χ2v) is 9.86. The quantitative estimate of drug-likeness (QED) is 0.416. The molecule has 5 rings (SSSR count). The summed E-state index contributed by atoms with van der Waals surface area (Å²) in [4.78, 5) is 24.8. The Bertz CT molecular complexity index is 1340. The maximum absolute atomic E-state index is 13.5. The van der Waals surface area contributed by atoms with E-state index in [2.05, 4.69) is 32.9 Å². The number of benzene rings is 2. The smallest absolute Gasteiger partial charge is 0.213 e. The Morgan fingerprint density at radius 2 is 1.79 bits per heavy atom. The molecule has 1 atom stereocenters. The summed E-state index contributed by atoms with van der Waals surface area (Å²) < 4.78 is 33.5. The molecule has 2 aliphatic rings. The average molecular weight is 536 g/mol. The molecule has 1 saturated heterocycles. The fraction of sp³-hybridized carbons (Fsp3) is 0.367. The third kappa shape index (κ3) is 7.17. The topological polar surface area (TPSA) is 63.0 Å². The fourth-order valence-corrected chi connectivity index (χ4v) is 4.71. The van der Waals surface area contributed by atoms with Crippen molar-refractivity contribution in [2.45, 2.75) is 45.7 Å². The monoisotopic (exact) mass is 535 g/mol. The SMILES string of the molecule is CC(=O)Cc1nc(-c2ccc(F)c(C)c2)cn1-c1ccc(F)cc1.COC1=CC(N2CCCCC2)N(C)C=N1. The van der Waals surface area contributed by atoms with Crippen LogP contribution in [0, 0.1) is 18.6 Å². The number of ether oxygens (including phenoxy) is 1. The van der Waals surface area contributed by atoms with Crippen molar-refractivity contribution in [1.29, 1.82) is 0 Å². The lowest BCUT2D eigenvalue weighted by Crippen LogP contribution is -2.48. The van der Waals surface area contributed by atoms with Gasteiger partial charge in [0.15, 0.2) is 0 Å². The van der Waals surface area contributed by atoms with Gasteiger partial charge in [0.05, 0.1) is 25.6 Å². The lowest BCUT2D eigenvalue weighted by atomic mass is 10.1. The Labute approximate surface area is 228 Å². The van der Waals surface area contributed by atoms with Gasteiger partial charge >= 0.3 is 0 Å². The second-order valence-electron chi connectivity index (χ2n) is 9.86. The predicted molar refractivity (Wildman–Crippen MR) is 149 cm³/mol. The molecule has 2 aliphatic heterocycles. The minimum atomic E-state index is -0.332. The Morgan fingerprint density at radius 3 is 2.44 bits per heavy atom. The van der Waals surface area contributed by atoms with Crippen LogP contribution in [0.3, 0.4) is 0 Å². The largest absolute Gasteiger partial charge is 0.481 e. The Kier molecular flexibility index (Phi) is 9.24. The standard InChI is InChI=1S/C19H16F2N2O.C11H19N3O/c1-12-9-14(3-8-17(12)21)18-11-23(19(22-18)10-13(2)24)16-6-4-15(20)5-7-16;1-13-9-12-10(15-2)8-11(13)14-6-4-3-5-7-14/h3-9,11H,10H2,1-2H3;8-9,11H,3-7H2,1-2H3. The number of carbonyl (C=O) groups is 1. The van der Waals surface area contributed by atoms with Crippen molar-refractivity contribution < 1.29 is 18.3 Å². The minimum absolute atomic E-state index is 0.0224. The molecule has 1 aromatic heterocycles. The van der Waals surface area contributed by atoms with E-state index in [0.717, 1.165) is 11.4 Å². The molecule has 0 radical (unpaired) electrons. The average Bonchev–Trinajstić information content (AvgIpc) is 3.35. The zero-order valence-corrected chi connectivity index (χ0v) is 22.9. The molecule has 3 aromatic rings. The van der Waals surface area contributed by atoms with Crippen LogP contribution in [-0.2, 0) is 16.0 Å². The van der Waals surface area contributed by atoms with E-state index in [0.29, 0.717) is 28.9 Å². The number of likely N-dealkylation sites (N-methyl/N-ethyl adjacent to an activating group) is 1. The highest BCUT2D eigenvalue weighted by molar-refractivity contribution is 5.78. The number of carbonyl (C=O) groups excluding carboxylic acids is 1. The number of aromatic nitrogens is 2. The van der Waals surface area contributed by atoms with Crippen molar-refractivity contribution in [3.8, 4) is 16.9 Å². The summed E-state index contributed by atoms with van der Waals surface area (Å²) in [6.07, 6.45) is 10.2. The van der Waals surface area contributed by atoms with E-state index >= 15 is 0 Å². The first-order valence-corrected chi connectivity index (χ1v) is 13.1. The van der Waals surface area contributed by atoms with Crippen LogP contribution >= 0.6 is 0 Å². The van der Waals surface area contributed by atoms with Crippen molar-refractivity contribution in [1.82, 2.24) is 19.4 Å². The minimum Gasteiger partial charge on any atom is -0.481 e. The Morgan fingerprint density at radius 1 is 1.08 bits per heavy atom. The Hall–Kier alpha value is -3.85. The lowest BCUT2D eigenvalue weighted by molar-refractivity contribution is -0.116. The number of ketones is 1. The maximum Gasteiger partial charge on any atom is 0.213 e. The second kappa shape index (κ2) is 12.8. The number of halogens is 2. The van der Waals surface area contributed by atoms with Gasteiger partial charge in [0.25, 0.3) is 0 Å². The highest BCUT2D eigenvalue weighted by Crippen LogP contribution is 2.24. The zero-order valence-electron chi connectivity index (χ0n) is 22.9. The number of Topliss-reactive ketones (excluding diaryl/α,β-unsaturated/α-hetero) is 1. The summed E-state index contributed by atoms with van der Waals surface area (Å²) in [6, 6.07) is 10.7. The molecule has 0 spiro atoms. The molecule has 9 heteroatoms. The van der Waals surface area contributed by atoms with Crippen LogP contribution in [0.2, 0.25) is 0 Å². The van der Waals surface area contributed by atoms with Crippen molar-refractivity contribution in [3.05, 3.63) is 83.6 Å². The van der Waals surface area contributed by atoms with Crippen molar-refractivity contribution in [2.24, 2.45) is 4.99 Å². The molecule has 1 unspecified atom stereocenters. The highest BCUT2D eigenvalue weighted by atomic mass is 19.1. The molecule has 0 aliphatic carbocycles. The van der Waals surface area contributed by atoms with Gasteiger partial charge in [0.1, 0.15) is 29.4 Å². The molecule has 3 heterocycles. The summed E-state index contributed by atoms with van der Waals surface area (Å²) in [5.41, 5.74) is 2.64. The van der Waals surface area contributed by atoms with Gasteiger partial charge in [-0.2, -0.15) is 0 Å². The van der Waals surface area contributed by atoms with Crippen LogP contribution in [0.15, 0.2) is 65.6 Å². The van der Waals surface area contributed by atoms with Crippen LogP contribution in [0.4, 0.5) is 8.78 Å². The summed E-state index contributed by atoms with van der Waals surface area (Å²) in [6.45, 7) is 5.53. The van der Waals surface area contributed by atoms with Crippen LogP contribution in [0.25, 0.3) is 16.9 Å². The third-order valence-corrected chi connectivity index (χ3v) is 6.79. The molecule has 2 aromatic carbocycles. The van der Waals surface area contributed by atoms with E-state index in [9.17, 15) is 13.6 Å². The van der Waals surface area contributed by atoms with Gasteiger partial charge in [-0.3, -0.25) is 9.69 Å². The number of likely N-dealkylation sites (tertiary alicyclic amines) is 1. The fourth-order valence-electron chi connectivity index (χ4n) is 4.71. The molecule has 0 bridgehead atoms. The van der Waals surface area contributed by atoms with Crippen molar-refractivity contribution in [3.63, 3.8) is 0 Å². The number of imidazole rings is 1. The predicted octanol–water partition coefficient (Wildman–Crippen LogP) is 5.52. The van der Waals surface area contributed by atoms with Crippen LogP contribution in [0.5, 0.6) is 0 Å². The molecule has 7 nitrogen and oxygen atoms in total. The maximum atomic E-state index is 13.5. The van der Waals surface area contributed by atoms with E-state index in [1.54, 1.807) is 49.1 Å². The molecule has 0 amide bonds. The molecule has 206 valence electrons. The van der Waals surface area contributed by atoms with Gasteiger partial charge in [0.2, 0.25) is 5.88 Å². The van der Waals surface area contributed by atoms with Gasteiger partial charge in [-0.25, -0.2) is 18.8 Å². The summed E-state index contributed by atoms with van der Waals surface area (Å²) in [5, 5.41) is 0. The van der Waals surface area contributed by atoms with Gasteiger partial charge in [-0.05, 0) is 74.7 Å². The third-order valence-electron chi connectivity index (χ3n) is 6.79. The normalized spacial score (nSPS) is 17.3. The van der Waals surface area contributed by atoms with Gasteiger partial charge in [-0.15, -0.1) is 0 Å². The number of hydrogen-bond donors (Lipinski definition) is 0. The number of hydrogen-bond acceptors (Lipinski definition) is 6. The number of nitrogens with zero attached hydrogens (tertiary/aromatic N) is 5. The number of piperidine rings is 1. The van der Waals surface area contributed by atoms with E-state index in [1.807, 2.05) is 6.34 Å². The first-order valence-electron chi connectivity index (χ1n) is 13.1. The van der Waals surface area contributed by atoms with Gasteiger partial charge in [0, 0.05) is 43.7 Å². The summed E-state index contributed by atoms with van der Waals surface area (Å²) in [7, 11) is 3.73. The summed E-state index contributed by atoms with van der Waals surface area (Å²) in [5.74, 6) is 0.655. The number of aryl methyl sites for hydroxylation is 1. The molecule has 0 saturated carbocycles.